The van der Waals surface area contributed by atoms with E-state index in [4.69, 9.17) is 5.26 Å². The molecule has 0 bridgehead atoms. The Kier molecular flexibility index (Phi) is 2.58. The Morgan fingerprint density at radius 3 is 2.33 bits per heavy atom. The Morgan fingerprint density at radius 2 is 2.22 bits per heavy atom. The molecule has 0 aliphatic rings. The molecule has 0 amide bonds. The quantitative estimate of drug-likeness (QED) is 0.376. The summed E-state index contributed by atoms with van der Waals surface area (Å²) in [5.74, 6) is 4.59. The van der Waals surface area contributed by atoms with Crippen molar-refractivity contribution in [2.24, 2.45) is 5.84 Å². The van der Waals surface area contributed by atoms with Gasteiger partial charge in [0.15, 0.2) is 5.25 Å². The predicted octanol–water partition coefficient (Wildman–Crippen LogP) is -1.31. The monoisotopic (exact) mass is 149 g/mol. The van der Waals surface area contributed by atoms with Crippen LogP contribution in [0.3, 0.4) is 0 Å². The zero-order chi connectivity index (χ0) is 7.49. The second kappa shape index (κ2) is 2.77. The van der Waals surface area contributed by atoms with Crippen molar-refractivity contribution < 1.29 is 8.42 Å². The minimum absolute atomic E-state index is 1.09. The lowest BCUT2D eigenvalue weighted by molar-refractivity contribution is 0.579. The van der Waals surface area contributed by atoms with Crippen LogP contribution in [0.1, 0.15) is 6.92 Å². The van der Waals surface area contributed by atoms with Crippen LogP contribution in [0, 0.1) is 11.3 Å². The number of hydrazine groups is 1. The van der Waals surface area contributed by atoms with Gasteiger partial charge >= 0.3 is 0 Å². The summed E-state index contributed by atoms with van der Waals surface area (Å²) in [6.07, 6.45) is 0. The van der Waals surface area contributed by atoms with Gasteiger partial charge in [0.1, 0.15) is 0 Å². The first-order valence-electron chi connectivity index (χ1n) is 2.15. The van der Waals surface area contributed by atoms with Crippen molar-refractivity contribution >= 4 is 10.0 Å². The van der Waals surface area contributed by atoms with Crippen LogP contribution in [0.25, 0.3) is 0 Å². The lowest BCUT2D eigenvalue weighted by atomic mass is 10.5. The molecule has 9 heavy (non-hydrogen) atoms. The average Bonchev–Trinajstić information content (AvgIpc) is 1.86. The minimum atomic E-state index is -3.58. The molecule has 0 radical (unpaired) electrons. The van der Waals surface area contributed by atoms with Crippen LogP contribution < -0.4 is 10.7 Å². The summed E-state index contributed by atoms with van der Waals surface area (Å²) in [6, 6.07) is 1.53. The van der Waals surface area contributed by atoms with Crippen molar-refractivity contribution in [3.05, 3.63) is 0 Å². The smallest absolute Gasteiger partial charge is 0.240 e. The molecule has 0 aromatic rings. The highest BCUT2D eigenvalue weighted by molar-refractivity contribution is 7.90. The van der Waals surface area contributed by atoms with E-state index in [0.717, 1.165) is 0 Å². The van der Waals surface area contributed by atoms with Crippen molar-refractivity contribution in [3.63, 3.8) is 0 Å². The fraction of sp³-hybridized carbons (Fsp3) is 0.667. The summed E-state index contributed by atoms with van der Waals surface area (Å²) in [7, 11) is -3.58. The van der Waals surface area contributed by atoms with Gasteiger partial charge in [-0.1, -0.05) is 0 Å². The van der Waals surface area contributed by atoms with Crippen LogP contribution in [0.15, 0.2) is 0 Å². The van der Waals surface area contributed by atoms with Crippen molar-refractivity contribution in [2.75, 3.05) is 0 Å². The summed E-state index contributed by atoms with van der Waals surface area (Å²) < 4.78 is 20.9. The molecule has 0 rings (SSSR count). The van der Waals surface area contributed by atoms with Gasteiger partial charge < -0.3 is 0 Å². The molecule has 52 valence electrons. The molecule has 1 atom stereocenters. The molecular formula is C3H7N3O2S. The van der Waals surface area contributed by atoms with Crippen LogP contribution >= 0.6 is 0 Å². The van der Waals surface area contributed by atoms with Crippen LogP contribution in [-0.4, -0.2) is 13.7 Å². The number of nitrogens with one attached hydrogen (secondary N) is 1. The Balaban J connectivity index is 4.41. The van der Waals surface area contributed by atoms with Gasteiger partial charge in [-0.3, -0.25) is 5.84 Å². The van der Waals surface area contributed by atoms with E-state index in [9.17, 15) is 8.42 Å². The summed E-state index contributed by atoms with van der Waals surface area (Å²) >= 11 is 0. The number of nitrogens with zero attached hydrogens (tertiary/aromatic N) is 1. The van der Waals surface area contributed by atoms with Crippen molar-refractivity contribution in [1.82, 2.24) is 4.83 Å². The molecule has 0 aromatic carbocycles. The van der Waals surface area contributed by atoms with Gasteiger partial charge in [0.2, 0.25) is 10.0 Å². The van der Waals surface area contributed by atoms with Crippen LogP contribution in [0.2, 0.25) is 0 Å². The number of nitrogens with two attached hydrogens (primary N) is 1. The Labute approximate surface area is 53.5 Å². The summed E-state index contributed by atoms with van der Waals surface area (Å²) in [4.78, 5) is 1.54. The molecule has 0 saturated heterocycles. The molecule has 1 unspecified atom stereocenters. The Hall–Kier alpha value is -0.640. The molecule has 0 aliphatic heterocycles. The third-order valence-electron chi connectivity index (χ3n) is 0.812. The average molecular weight is 149 g/mol. The molecule has 0 aromatic heterocycles. The van der Waals surface area contributed by atoms with Gasteiger partial charge in [0.05, 0.1) is 6.07 Å². The van der Waals surface area contributed by atoms with E-state index >= 15 is 0 Å². The molecule has 0 aliphatic carbocycles. The SMILES string of the molecule is CC(C#N)S(=O)(=O)NN. The maximum Gasteiger partial charge on any atom is 0.240 e. The Morgan fingerprint density at radius 1 is 1.78 bits per heavy atom. The second-order valence-electron chi connectivity index (χ2n) is 1.43. The molecule has 0 fully saturated rings. The van der Waals surface area contributed by atoms with E-state index in [1.54, 1.807) is 4.83 Å². The standard InChI is InChI=1S/C3H7N3O2S/c1-3(2-4)9(7,8)6-5/h3,6H,5H2,1H3. The van der Waals surface area contributed by atoms with E-state index in [-0.39, 0.29) is 0 Å². The van der Waals surface area contributed by atoms with E-state index in [1.165, 1.54) is 13.0 Å². The van der Waals surface area contributed by atoms with Gasteiger partial charge in [-0.15, -0.1) is 0 Å². The fourth-order valence-electron chi connectivity index (χ4n) is 0.171. The minimum Gasteiger partial charge on any atom is -0.258 e. The number of rotatable bonds is 2. The molecular weight excluding hydrogens is 142 g/mol. The molecule has 0 heterocycles. The van der Waals surface area contributed by atoms with E-state index in [0.29, 0.717) is 0 Å². The molecule has 6 heteroatoms. The number of hydrogen-bond acceptors (Lipinski definition) is 4. The van der Waals surface area contributed by atoms with Gasteiger partial charge in [0, 0.05) is 0 Å². The first-order chi connectivity index (χ1) is 4.04. The van der Waals surface area contributed by atoms with Crippen LogP contribution in [-0.2, 0) is 10.0 Å². The number of hydrogen-bond donors (Lipinski definition) is 2. The highest BCUT2D eigenvalue weighted by Crippen LogP contribution is 1.91. The normalized spacial score (nSPS) is 14.3. The van der Waals surface area contributed by atoms with Gasteiger partial charge in [-0.05, 0) is 6.92 Å². The third-order valence-corrected chi connectivity index (χ3v) is 2.18. The van der Waals surface area contributed by atoms with Crippen molar-refractivity contribution in [2.45, 2.75) is 12.2 Å². The molecule has 0 saturated carbocycles. The number of sulfonamides is 1. The van der Waals surface area contributed by atoms with Gasteiger partial charge in [-0.25, -0.2) is 8.42 Å². The highest BCUT2D eigenvalue weighted by Gasteiger charge is 2.16. The first kappa shape index (κ1) is 8.36. The van der Waals surface area contributed by atoms with Gasteiger partial charge in [-0.2, -0.15) is 10.1 Å². The lowest BCUT2D eigenvalue weighted by Gasteiger charge is -2.00. The lowest BCUT2D eigenvalue weighted by Crippen LogP contribution is -2.36. The first-order valence-corrected chi connectivity index (χ1v) is 3.70. The van der Waals surface area contributed by atoms with E-state index in [2.05, 4.69) is 5.84 Å². The van der Waals surface area contributed by atoms with Crippen molar-refractivity contribution in [3.8, 4) is 6.07 Å². The molecule has 3 N–H and O–H groups in total. The van der Waals surface area contributed by atoms with Crippen LogP contribution in [0.5, 0.6) is 0 Å². The number of nitriles is 1. The summed E-state index contributed by atoms with van der Waals surface area (Å²) in [6.45, 7) is 1.25. The highest BCUT2D eigenvalue weighted by atomic mass is 32.2. The summed E-state index contributed by atoms with van der Waals surface area (Å²) in [5, 5.41) is 6.98. The maximum absolute atomic E-state index is 10.5. The topological polar surface area (TPSA) is 96.0 Å². The maximum atomic E-state index is 10.5. The predicted molar refractivity (Wildman–Crippen MR) is 31.3 cm³/mol. The summed E-state index contributed by atoms with van der Waals surface area (Å²) in [5.41, 5.74) is 0. The molecule has 5 nitrogen and oxygen atoms in total. The van der Waals surface area contributed by atoms with Crippen LogP contribution in [0.4, 0.5) is 0 Å². The van der Waals surface area contributed by atoms with Gasteiger partial charge in [0.25, 0.3) is 0 Å². The van der Waals surface area contributed by atoms with E-state index < -0.39 is 15.3 Å². The fourth-order valence-corrected chi connectivity index (χ4v) is 0.514. The third kappa shape index (κ3) is 1.97. The second-order valence-corrected chi connectivity index (χ2v) is 3.47. The Bertz CT molecular complexity index is 214. The van der Waals surface area contributed by atoms with E-state index in [1.807, 2.05) is 0 Å². The zero-order valence-electron chi connectivity index (χ0n) is 4.83. The van der Waals surface area contributed by atoms with Crippen molar-refractivity contribution in [1.29, 1.82) is 5.26 Å². The molecule has 0 spiro atoms. The largest absolute Gasteiger partial charge is 0.258 e. The zero-order valence-corrected chi connectivity index (χ0v) is 5.64.